The maximum Gasteiger partial charge on any atom is 1.00 e. The maximum absolute atomic E-state index is 12.1. The standard InChI is InChI=1S/C14H15NO4S2.Na/c1-11-3-7-13(8-4-11)20(16,17)15-21(18,19)14-9-5-12(2)6-10-14;/h3-10,15H,1-2H3;/q;+1. The summed E-state index contributed by atoms with van der Waals surface area (Å²) in [5, 5.41) is 0. The molecule has 0 aliphatic rings. The van der Waals surface area contributed by atoms with Crippen LogP contribution >= 0.6 is 0 Å². The molecule has 0 saturated carbocycles. The minimum Gasteiger partial charge on any atom is -0.206 e. The summed E-state index contributed by atoms with van der Waals surface area (Å²) >= 11 is 0. The smallest absolute Gasteiger partial charge is 0.206 e. The molecule has 0 aromatic heterocycles. The summed E-state index contributed by atoms with van der Waals surface area (Å²) in [6.45, 7) is 3.62. The van der Waals surface area contributed by atoms with Crippen LogP contribution in [0.4, 0.5) is 0 Å². The molecular weight excluding hydrogens is 333 g/mol. The van der Waals surface area contributed by atoms with Crippen molar-refractivity contribution in [3.8, 4) is 0 Å². The predicted molar refractivity (Wildman–Crippen MR) is 79.9 cm³/mol. The van der Waals surface area contributed by atoms with Crippen LogP contribution in [0.3, 0.4) is 0 Å². The molecule has 2 rings (SSSR count). The van der Waals surface area contributed by atoms with E-state index in [2.05, 4.69) is 0 Å². The van der Waals surface area contributed by atoms with Crippen molar-refractivity contribution in [3.63, 3.8) is 0 Å². The fourth-order valence-corrected chi connectivity index (χ4v) is 4.59. The monoisotopic (exact) mass is 348 g/mol. The van der Waals surface area contributed by atoms with E-state index in [-0.39, 0.29) is 39.3 Å². The largest absolute Gasteiger partial charge is 1.00 e. The van der Waals surface area contributed by atoms with Gasteiger partial charge in [-0.1, -0.05) is 35.4 Å². The molecule has 22 heavy (non-hydrogen) atoms. The van der Waals surface area contributed by atoms with Gasteiger partial charge in [0.25, 0.3) is 20.0 Å². The Bertz CT molecular complexity index is 769. The SMILES string of the molecule is Cc1ccc(S(=O)(=O)NS(=O)(=O)c2ccc(C)cc2)cc1.[Na+]. The topological polar surface area (TPSA) is 80.3 Å². The third-order valence-electron chi connectivity index (χ3n) is 2.88. The Morgan fingerprint density at radius 1 is 0.636 bits per heavy atom. The van der Waals surface area contributed by atoms with E-state index < -0.39 is 20.0 Å². The summed E-state index contributed by atoms with van der Waals surface area (Å²) in [5.74, 6) is 0. The summed E-state index contributed by atoms with van der Waals surface area (Å²) in [6, 6.07) is 11.9. The number of hydrogen-bond donors (Lipinski definition) is 1. The zero-order chi connectivity index (χ0) is 15.7. The van der Waals surface area contributed by atoms with Crippen molar-refractivity contribution >= 4 is 20.0 Å². The van der Waals surface area contributed by atoms with Crippen LogP contribution in [0.15, 0.2) is 58.3 Å². The minimum absolute atomic E-state index is 0. The molecule has 112 valence electrons. The number of benzene rings is 2. The van der Waals surface area contributed by atoms with Crippen molar-refractivity contribution in [2.24, 2.45) is 0 Å². The fourth-order valence-electron chi connectivity index (χ4n) is 1.68. The van der Waals surface area contributed by atoms with Crippen molar-refractivity contribution in [1.82, 2.24) is 4.13 Å². The first kappa shape index (κ1) is 19.3. The van der Waals surface area contributed by atoms with Crippen LogP contribution < -0.4 is 33.7 Å². The van der Waals surface area contributed by atoms with E-state index in [1.807, 2.05) is 13.8 Å². The molecule has 0 atom stereocenters. The van der Waals surface area contributed by atoms with Crippen molar-refractivity contribution < 1.29 is 46.4 Å². The molecule has 8 heteroatoms. The van der Waals surface area contributed by atoms with Crippen LogP contribution in [0.1, 0.15) is 11.1 Å². The van der Waals surface area contributed by atoms with Crippen molar-refractivity contribution in [2.45, 2.75) is 23.6 Å². The van der Waals surface area contributed by atoms with Gasteiger partial charge in [0.2, 0.25) is 0 Å². The summed E-state index contributed by atoms with van der Waals surface area (Å²) < 4.78 is 50.2. The van der Waals surface area contributed by atoms with E-state index >= 15 is 0 Å². The van der Waals surface area contributed by atoms with Crippen LogP contribution in [0.25, 0.3) is 0 Å². The van der Waals surface area contributed by atoms with E-state index in [1.54, 1.807) is 28.4 Å². The van der Waals surface area contributed by atoms with Gasteiger partial charge in [-0.25, -0.2) is 16.8 Å². The molecular formula is C14H15NNaO4S2+. The molecule has 0 amide bonds. The maximum atomic E-state index is 12.1. The number of sulfonamides is 2. The van der Waals surface area contributed by atoms with E-state index in [9.17, 15) is 16.8 Å². The van der Waals surface area contributed by atoms with Crippen molar-refractivity contribution in [2.75, 3.05) is 0 Å². The molecule has 0 heterocycles. The van der Waals surface area contributed by atoms with Gasteiger partial charge in [-0.3, -0.25) is 0 Å². The Balaban J connectivity index is 0.00000242. The second-order valence-corrected chi connectivity index (χ2v) is 8.34. The van der Waals surface area contributed by atoms with Crippen LogP contribution in [0.2, 0.25) is 0 Å². The molecule has 0 fully saturated rings. The minimum atomic E-state index is -4.13. The summed E-state index contributed by atoms with van der Waals surface area (Å²) in [6.07, 6.45) is 0. The van der Waals surface area contributed by atoms with Gasteiger partial charge < -0.3 is 0 Å². The van der Waals surface area contributed by atoms with Crippen molar-refractivity contribution in [1.29, 1.82) is 0 Å². The van der Waals surface area contributed by atoms with Gasteiger partial charge in [0, 0.05) is 0 Å². The Kier molecular flexibility index (Phi) is 6.37. The van der Waals surface area contributed by atoms with E-state index in [4.69, 9.17) is 0 Å². The van der Waals surface area contributed by atoms with E-state index in [0.717, 1.165) is 11.1 Å². The molecule has 0 aliphatic carbocycles. The molecule has 0 unspecified atom stereocenters. The van der Waals surface area contributed by atoms with Crippen molar-refractivity contribution in [3.05, 3.63) is 59.7 Å². The second kappa shape index (κ2) is 7.25. The normalized spacial score (nSPS) is 11.7. The average Bonchev–Trinajstić information content (AvgIpc) is 2.38. The van der Waals surface area contributed by atoms with Gasteiger partial charge in [-0.15, -0.1) is 4.13 Å². The van der Waals surface area contributed by atoms with Gasteiger partial charge in [-0.05, 0) is 38.1 Å². The van der Waals surface area contributed by atoms with Crippen LogP contribution in [-0.2, 0) is 20.0 Å². The molecule has 2 aromatic carbocycles. The zero-order valence-corrected chi connectivity index (χ0v) is 16.2. The molecule has 0 radical (unpaired) electrons. The third kappa shape index (κ3) is 4.65. The van der Waals surface area contributed by atoms with Crippen LogP contribution in [0.5, 0.6) is 0 Å². The summed E-state index contributed by atoms with van der Waals surface area (Å²) in [7, 11) is -8.26. The first-order valence-electron chi connectivity index (χ1n) is 6.13. The van der Waals surface area contributed by atoms with Gasteiger partial charge in [0.15, 0.2) is 0 Å². The number of aryl methyl sites for hydroxylation is 2. The Morgan fingerprint density at radius 2 is 0.909 bits per heavy atom. The van der Waals surface area contributed by atoms with Crippen LogP contribution in [-0.4, -0.2) is 16.8 Å². The average molecular weight is 348 g/mol. The Hall–Kier alpha value is -0.700. The Labute approximate surface area is 153 Å². The van der Waals surface area contributed by atoms with Gasteiger partial charge in [0.05, 0.1) is 9.79 Å². The van der Waals surface area contributed by atoms with Gasteiger partial charge >= 0.3 is 29.6 Å². The molecule has 2 aromatic rings. The first-order valence-corrected chi connectivity index (χ1v) is 9.09. The molecule has 5 nitrogen and oxygen atoms in total. The number of nitrogens with one attached hydrogen (secondary N) is 1. The number of rotatable bonds is 4. The summed E-state index contributed by atoms with van der Waals surface area (Å²) in [4.78, 5) is -0.187. The zero-order valence-electron chi connectivity index (χ0n) is 12.6. The quantitative estimate of drug-likeness (QED) is 0.717. The second-order valence-electron chi connectivity index (χ2n) is 4.72. The van der Waals surface area contributed by atoms with Crippen LogP contribution in [0, 0.1) is 13.8 Å². The van der Waals surface area contributed by atoms with E-state index in [1.165, 1.54) is 24.3 Å². The first-order chi connectivity index (χ1) is 9.71. The Morgan fingerprint density at radius 3 is 1.18 bits per heavy atom. The van der Waals surface area contributed by atoms with Gasteiger partial charge in [0.1, 0.15) is 0 Å². The molecule has 0 bridgehead atoms. The summed E-state index contributed by atoms with van der Waals surface area (Å²) in [5.41, 5.74) is 1.77. The van der Waals surface area contributed by atoms with E-state index in [0.29, 0.717) is 0 Å². The fraction of sp³-hybridized carbons (Fsp3) is 0.143. The molecule has 0 aliphatic heterocycles. The molecule has 1 N–H and O–H groups in total. The third-order valence-corrected chi connectivity index (χ3v) is 6.42. The van der Waals surface area contributed by atoms with Gasteiger partial charge in [-0.2, -0.15) is 0 Å². The predicted octanol–water partition coefficient (Wildman–Crippen LogP) is -1.03. The molecule has 0 spiro atoms. The molecule has 0 saturated heterocycles. The number of hydrogen-bond acceptors (Lipinski definition) is 4.